The van der Waals surface area contributed by atoms with Gasteiger partial charge in [-0.15, -0.1) is 0 Å². The molecule has 0 bridgehead atoms. The Balaban J connectivity index is 1.50. The van der Waals surface area contributed by atoms with Crippen LogP contribution in [0.15, 0.2) is 47.5 Å². The molecule has 0 unspecified atom stereocenters. The molecule has 1 atom stereocenters. The molecule has 1 aliphatic heterocycles. The van der Waals surface area contributed by atoms with E-state index >= 15 is 0 Å². The van der Waals surface area contributed by atoms with Gasteiger partial charge in [-0.05, 0) is 49.4 Å². The molecule has 1 aromatic carbocycles. The highest BCUT2D eigenvalue weighted by molar-refractivity contribution is 7.89. The van der Waals surface area contributed by atoms with E-state index in [2.05, 4.69) is 31.7 Å². The molecule has 1 amide bonds. The zero-order valence-corrected chi connectivity index (χ0v) is 19.3. The van der Waals surface area contributed by atoms with Gasteiger partial charge in [-0.2, -0.15) is 4.72 Å². The second kappa shape index (κ2) is 10.4. The molecule has 2 aromatic rings. The van der Waals surface area contributed by atoms with Gasteiger partial charge < -0.3 is 15.1 Å². The lowest BCUT2D eigenvalue weighted by Crippen LogP contribution is -2.46. The van der Waals surface area contributed by atoms with Crippen LogP contribution in [-0.2, 0) is 21.4 Å². The molecule has 10 heteroatoms. The third kappa shape index (κ3) is 6.39. The first kappa shape index (κ1) is 23.5. The predicted molar refractivity (Wildman–Crippen MR) is 122 cm³/mol. The Labute approximate surface area is 188 Å². The van der Waals surface area contributed by atoms with Gasteiger partial charge in [0.25, 0.3) is 0 Å². The average molecular weight is 466 g/mol. The second-order valence-corrected chi connectivity index (χ2v) is 9.61. The number of carbonyl (C=O) groups is 1. The van der Waals surface area contributed by atoms with E-state index in [9.17, 15) is 13.2 Å². The van der Waals surface area contributed by atoms with Gasteiger partial charge in [-0.3, -0.25) is 4.79 Å². The zero-order valence-electron chi connectivity index (χ0n) is 17.7. The minimum absolute atomic E-state index is 0.0520. The second-order valence-electron chi connectivity index (χ2n) is 7.46. The number of benzene rings is 1. The molecule has 2 heterocycles. The molecule has 8 nitrogen and oxygen atoms in total. The van der Waals surface area contributed by atoms with Crippen molar-refractivity contribution in [2.24, 2.45) is 0 Å². The minimum Gasteiger partial charge on any atom is -0.354 e. The number of rotatable bonds is 8. The first-order valence-corrected chi connectivity index (χ1v) is 12.1. The Bertz CT molecular complexity index is 975. The SMILES string of the molecule is CCN1CCN(c2ccc(CNC(=O)[C@H](C)NS(=O)(=O)c3ccc(Cl)cc3)cn2)CC1. The summed E-state index contributed by atoms with van der Waals surface area (Å²) in [5, 5.41) is 3.18. The number of likely N-dealkylation sites (N-methyl/N-ethyl adjacent to an activating group) is 1. The van der Waals surface area contributed by atoms with Crippen molar-refractivity contribution in [1.29, 1.82) is 0 Å². The van der Waals surface area contributed by atoms with E-state index in [1.807, 2.05) is 12.1 Å². The molecule has 1 fully saturated rings. The number of amides is 1. The number of piperazine rings is 1. The van der Waals surface area contributed by atoms with Crippen LogP contribution in [0.1, 0.15) is 19.4 Å². The molecule has 31 heavy (non-hydrogen) atoms. The smallest absolute Gasteiger partial charge is 0.241 e. The largest absolute Gasteiger partial charge is 0.354 e. The number of hydrogen-bond acceptors (Lipinski definition) is 6. The summed E-state index contributed by atoms with van der Waals surface area (Å²) in [6.45, 7) is 8.95. The maximum atomic E-state index is 12.4. The Morgan fingerprint density at radius 3 is 2.39 bits per heavy atom. The maximum absolute atomic E-state index is 12.4. The topological polar surface area (TPSA) is 94.6 Å². The van der Waals surface area contributed by atoms with Crippen LogP contribution < -0.4 is 14.9 Å². The third-order valence-electron chi connectivity index (χ3n) is 5.27. The minimum atomic E-state index is -3.82. The number of halogens is 1. The van der Waals surface area contributed by atoms with E-state index in [-0.39, 0.29) is 11.4 Å². The lowest BCUT2D eigenvalue weighted by molar-refractivity contribution is -0.122. The number of pyridine rings is 1. The van der Waals surface area contributed by atoms with Crippen LogP contribution in [0.5, 0.6) is 0 Å². The molecular formula is C21H28ClN5O3S. The molecular weight excluding hydrogens is 438 g/mol. The monoisotopic (exact) mass is 465 g/mol. The predicted octanol–water partition coefficient (Wildman–Crippen LogP) is 1.86. The summed E-state index contributed by atoms with van der Waals surface area (Å²) in [7, 11) is -3.82. The molecule has 0 radical (unpaired) electrons. The molecule has 2 N–H and O–H groups in total. The van der Waals surface area contributed by atoms with Crippen LogP contribution in [0.4, 0.5) is 5.82 Å². The summed E-state index contributed by atoms with van der Waals surface area (Å²) in [5.74, 6) is 0.507. The number of nitrogens with one attached hydrogen (secondary N) is 2. The Kier molecular flexibility index (Phi) is 7.88. The van der Waals surface area contributed by atoms with E-state index in [1.165, 1.54) is 31.2 Å². The molecule has 1 aliphatic rings. The van der Waals surface area contributed by atoms with Crippen molar-refractivity contribution in [3.05, 3.63) is 53.2 Å². The van der Waals surface area contributed by atoms with Crippen LogP contribution in [0.2, 0.25) is 5.02 Å². The van der Waals surface area contributed by atoms with E-state index in [4.69, 9.17) is 11.6 Å². The van der Waals surface area contributed by atoms with Crippen molar-refractivity contribution >= 4 is 33.3 Å². The lowest BCUT2D eigenvalue weighted by atomic mass is 10.2. The van der Waals surface area contributed by atoms with Gasteiger partial charge in [-0.1, -0.05) is 24.6 Å². The van der Waals surface area contributed by atoms with Crippen molar-refractivity contribution in [3.63, 3.8) is 0 Å². The van der Waals surface area contributed by atoms with Gasteiger partial charge in [0.2, 0.25) is 15.9 Å². The quantitative estimate of drug-likeness (QED) is 0.618. The Hall–Kier alpha value is -2.20. The third-order valence-corrected chi connectivity index (χ3v) is 7.08. The fourth-order valence-electron chi connectivity index (χ4n) is 3.31. The Morgan fingerprint density at radius 2 is 1.81 bits per heavy atom. The molecule has 168 valence electrons. The first-order chi connectivity index (χ1) is 14.8. The standard InChI is InChI=1S/C21H28ClN5O3S/c1-3-26-10-12-27(13-11-26)20-9-4-17(14-23-20)15-24-21(28)16(2)25-31(29,30)19-7-5-18(22)6-8-19/h4-9,14,16,25H,3,10-13,15H2,1-2H3,(H,24,28)/t16-/m0/s1. The number of anilines is 1. The average Bonchev–Trinajstić information content (AvgIpc) is 2.78. The summed E-state index contributed by atoms with van der Waals surface area (Å²) in [6, 6.07) is 8.72. The molecule has 1 saturated heterocycles. The van der Waals surface area contributed by atoms with E-state index in [0.29, 0.717) is 5.02 Å². The van der Waals surface area contributed by atoms with Crippen molar-refractivity contribution in [2.75, 3.05) is 37.6 Å². The maximum Gasteiger partial charge on any atom is 0.241 e. The van der Waals surface area contributed by atoms with E-state index in [1.54, 1.807) is 6.20 Å². The van der Waals surface area contributed by atoms with Crippen molar-refractivity contribution in [1.82, 2.24) is 19.9 Å². The van der Waals surface area contributed by atoms with Crippen LogP contribution in [0.25, 0.3) is 0 Å². The van der Waals surface area contributed by atoms with Gasteiger partial charge in [-0.25, -0.2) is 13.4 Å². The van der Waals surface area contributed by atoms with Crippen molar-refractivity contribution < 1.29 is 13.2 Å². The number of nitrogens with zero attached hydrogens (tertiary/aromatic N) is 3. The zero-order chi connectivity index (χ0) is 22.4. The van der Waals surface area contributed by atoms with Gasteiger partial charge in [0.05, 0.1) is 10.9 Å². The van der Waals surface area contributed by atoms with Crippen LogP contribution in [-0.4, -0.2) is 63.0 Å². The normalized spacial score (nSPS) is 16.2. The summed E-state index contributed by atoms with van der Waals surface area (Å²) in [4.78, 5) is 21.6. The first-order valence-electron chi connectivity index (χ1n) is 10.3. The van der Waals surface area contributed by atoms with Crippen LogP contribution in [0, 0.1) is 0 Å². The molecule has 0 spiro atoms. The summed E-state index contributed by atoms with van der Waals surface area (Å²) < 4.78 is 27.2. The van der Waals surface area contributed by atoms with E-state index in [0.717, 1.165) is 44.1 Å². The van der Waals surface area contributed by atoms with Gasteiger partial charge in [0.1, 0.15) is 5.82 Å². The molecule has 1 aromatic heterocycles. The fourth-order valence-corrected chi connectivity index (χ4v) is 4.64. The summed E-state index contributed by atoms with van der Waals surface area (Å²) in [6.07, 6.45) is 1.74. The molecule has 0 aliphatic carbocycles. The van der Waals surface area contributed by atoms with Gasteiger partial charge >= 0.3 is 0 Å². The van der Waals surface area contributed by atoms with Gasteiger partial charge in [0, 0.05) is 43.9 Å². The fraction of sp³-hybridized carbons (Fsp3) is 0.429. The van der Waals surface area contributed by atoms with Crippen LogP contribution in [0.3, 0.4) is 0 Å². The van der Waals surface area contributed by atoms with Crippen molar-refractivity contribution in [3.8, 4) is 0 Å². The summed E-state index contributed by atoms with van der Waals surface area (Å²) in [5.41, 5.74) is 0.844. The lowest BCUT2D eigenvalue weighted by Gasteiger charge is -2.34. The highest BCUT2D eigenvalue weighted by Crippen LogP contribution is 2.15. The van der Waals surface area contributed by atoms with Crippen LogP contribution >= 0.6 is 11.6 Å². The number of carbonyl (C=O) groups excluding carboxylic acids is 1. The number of sulfonamides is 1. The number of aromatic nitrogens is 1. The van der Waals surface area contributed by atoms with Crippen molar-refractivity contribution in [2.45, 2.75) is 31.3 Å². The summed E-state index contributed by atoms with van der Waals surface area (Å²) >= 11 is 5.79. The molecule has 3 rings (SSSR count). The molecule has 0 saturated carbocycles. The van der Waals surface area contributed by atoms with E-state index < -0.39 is 22.0 Å². The highest BCUT2D eigenvalue weighted by atomic mass is 35.5. The number of hydrogen-bond donors (Lipinski definition) is 2. The Morgan fingerprint density at radius 1 is 1.13 bits per heavy atom. The van der Waals surface area contributed by atoms with Gasteiger partial charge in [0.15, 0.2) is 0 Å². The highest BCUT2D eigenvalue weighted by Gasteiger charge is 2.22.